The van der Waals surface area contributed by atoms with Gasteiger partial charge in [-0.05, 0) is 5.56 Å². The maximum atomic E-state index is 12.2. The smallest absolute Gasteiger partial charge is 0.410 e. The van der Waals surface area contributed by atoms with Crippen molar-refractivity contribution in [1.82, 2.24) is 14.5 Å². The predicted octanol–water partition coefficient (Wildman–Crippen LogP) is 2.22. The van der Waals surface area contributed by atoms with Crippen molar-refractivity contribution in [1.29, 1.82) is 0 Å². The Balaban J connectivity index is 1.56. The number of carbonyl (C=O) groups is 1. The minimum Gasteiger partial charge on any atom is -0.445 e. The fourth-order valence-corrected chi connectivity index (χ4v) is 2.72. The highest BCUT2D eigenvalue weighted by Crippen LogP contribution is 2.18. The van der Waals surface area contributed by atoms with Crippen molar-refractivity contribution in [3.05, 3.63) is 53.6 Å². The maximum Gasteiger partial charge on any atom is 0.410 e. The topological polar surface area (TPSA) is 56.6 Å². The molecule has 1 aliphatic rings. The molecule has 0 bridgehead atoms. The zero-order valence-corrected chi connectivity index (χ0v) is 13.3. The highest BCUT2D eigenvalue weighted by molar-refractivity contribution is 5.68. The Morgan fingerprint density at radius 1 is 1.30 bits per heavy atom. The first-order valence-corrected chi connectivity index (χ1v) is 7.75. The van der Waals surface area contributed by atoms with Gasteiger partial charge in [-0.3, -0.25) is 0 Å². The average Bonchev–Trinajstić information content (AvgIpc) is 3.01. The van der Waals surface area contributed by atoms with E-state index >= 15 is 0 Å². The first kappa shape index (κ1) is 15.6. The lowest BCUT2D eigenvalue weighted by Gasteiger charge is -2.26. The minimum absolute atomic E-state index is 0.286. The number of carbonyl (C=O) groups excluding carboxylic acids is 1. The lowest BCUT2D eigenvalue weighted by Crippen LogP contribution is -2.37. The van der Waals surface area contributed by atoms with Crippen LogP contribution in [0, 0.1) is 0 Å². The first-order valence-electron chi connectivity index (χ1n) is 7.75. The van der Waals surface area contributed by atoms with Gasteiger partial charge in [0.05, 0.1) is 25.2 Å². The van der Waals surface area contributed by atoms with Crippen molar-refractivity contribution in [2.75, 3.05) is 20.3 Å². The average molecular weight is 315 g/mol. The molecule has 0 saturated heterocycles. The van der Waals surface area contributed by atoms with Crippen LogP contribution in [0.15, 0.2) is 36.7 Å². The van der Waals surface area contributed by atoms with Gasteiger partial charge in [0.15, 0.2) is 0 Å². The van der Waals surface area contributed by atoms with E-state index in [0.717, 1.165) is 24.2 Å². The van der Waals surface area contributed by atoms with Crippen LogP contribution in [0.25, 0.3) is 0 Å². The van der Waals surface area contributed by atoms with Gasteiger partial charge in [-0.2, -0.15) is 0 Å². The lowest BCUT2D eigenvalue weighted by atomic mass is 10.1. The Kier molecular flexibility index (Phi) is 4.92. The van der Waals surface area contributed by atoms with E-state index in [0.29, 0.717) is 26.3 Å². The summed E-state index contributed by atoms with van der Waals surface area (Å²) in [6, 6.07) is 9.70. The van der Waals surface area contributed by atoms with E-state index in [1.54, 1.807) is 12.0 Å². The Labute approximate surface area is 135 Å². The second kappa shape index (κ2) is 7.28. The summed E-state index contributed by atoms with van der Waals surface area (Å²) < 4.78 is 12.6. The summed E-state index contributed by atoms with van der Waals surface area (Å²) in [5.74, 6) is 0. The Bertz CT molecular complexity index is 654. The molecular formula is C17H21N3O3. The molecule has 0 radical (unpaired) electrons. The molecule has 0 aliphatic carbocycles. The number of hydrogen-bond donors (Lipinski definition) is 0. The number of imidazole rings is 1. The number of methoxy groups -OCH3 is 1. The fourth-order valence-electron chi connectivity index (χ4n) is 2.72. The summed E-state index contributed by atoms with van der Waals surface area (Å²) >= 11 is 0. The number of rotatable bonds is 5. The second-order valence-electron chi connectivity index (χ2n) is 5.54. The van der Waals surface area contributed by atoms with Crippen LogP contribution < -0.4 is 0 Å². The van der Waals surface area contributed by atoms with E-state index in [1.807, 2.05) is 36.7 Å². The summed E-state index contributed by atoms with van der Waals surface area (Å²) in [6.45, 7) is 2.90. The molecule has 1 amide bonds. The SMILES string of the molecule is COCCn1cnc2c1CCN(C(=O)OCc1ccccc1)C2. The molecule has 6 nitrogen and oxygen atoms in total. The molecule has 0 fully saturated rings. The molecule has 0 spiro atoms. The van der Waals surface area contributed by atoms with Crippen LogP contribution in [-0.4, -0.2) is 40.8 Å². The van der Waals surface area contributed by atoms with Gasteiger partial charge in [-0.1, -0.05) is 30.3 Å². The van der Waals surface area contributed by atoms with Gasteiger partial charge in [0, 0.05) is 32.3 Å². The highest BCUT2D eigenvalue weighted by atomic mass is 16.6. The van der Waals surface area contributed by atoms with E-state index < -0.39 is 0 Å². The third-order valence-corrected chi connectivity index (χ3v) is 3.99. The van der Waals surface area contributed by atoms with E-state index in [2.05, 4.69) is 9.55 Å². The van der Waals surface area contributed by atoms with Crippen LogP contribution in [0.5, 0.6) is 0 Å². The predicted molar refractivity (Wildman–Crippen MR) is 84.8 cm³/mol. The molecule has 0 unspecified atom stereocenters. The van der Waals surface area contributed by atoms with Gasteiger partial charge in [-0.15, -0.1) is 0 Å². The van der Waals surface area contributed by atoms with Gasteiger partial charge in [0.25, 0.3) is 0 Å². The summed E-state index contributed by atoms with van der Waals surface area (Å²) in [7, 11) is 1.69. The minimum atomic E-state index is -0.286. The first-order chi connectivity index (χ1) is 11.3. The molecular weight excluding hydrogens is 294 g/mol. The molecule has 2 heterocycles. The number of benzene rings is 1. The van der Waals surface area contributed by atoms with Gasteiger partial charge in [0.2, 0.25) is 0 Å². The van der Waals surface area contributed by atoms with Gasteiger partial charge < -0.3 is 18.9 Å². The zero-order valence-electron chi connectivity index (χ0n) is 13.3. The van der Waals surface area contributed by atoms with Crippen LogP contribution in [0.1, 0.15) is 17.0 Å². The molecule has 0 saturated carbocycles. The standard InChI is InChI=1S/C17H21N3O3/c1-22-10-9-20-13-18-15-11-19(8-7-16(15)20)17(21)23-12-14-5-3-2-4-6-14/h2-6,13H,7-12H2,1H3. The Hall–Kier alpha value is -2.34. The largest absolute Gasteiger partial charge is 0.445 e. The van der Waals surface area contributed by atoms with Crippen LogP contribution in [0.4, 0.5) is 4.79 Å². The molecule has 1 aromatic heterocycles. The van der Waals surface area contributed by atoms with Crippen molar-refractivity contribution in [2.45, 2.75) is 26.1 Å². The van der Waals surface area contributed by atoms with Gasteiger partial charge >= 0.3 is 6.09 Å². The molecule has 0 atom stereocenters. The number of hydrogen-bond acceptors (Lipinski definition) is 4. The normalized spacial score (nSPS) is 13.7. The van der Waals surface area contributed by atoms with Crippen molar-refractivity contribution < 1.29 is 14.3 Å². The fraction of sp³-hybridized carbons (Fsp3) is 0.412. The molecule has 1 aliphatic heterocycles. The quantitative estimate of drug-likeness (QED) is 0.849. The molecule has 0 N–H and O–H groups in total. The maximum absolute atomic E-state index is 12.2. The van der Waals surface area contributed by atoms with Gasteiger partial charge in [-0.25, -0.2) is 9.78 Å². The third-order valence-electron chi connectivity index (χ3n) is 3.99. The number of aromatic nitrogens is 2. The lowest BCUT2D eigenvalue weighted by molar-refractivity contribution is 0.0909. The molecule has 3 rings (SSSR count). The van der Waals surface area contributed by atoms with Crippen molar-refractivity contribution in [3.63, 3.8) is 0 Å². The number of fused-ring (bicyclic) bond motifs is 1. The number of nitrogens with zero attached hydrogens (tertiary/aromatic N) is 3. The van der Waals surface area contributed by atoms with Gasteiger partial charge in [0.1, 0.15) is 6.61 Å². The van der Waals surface area contributed by atoms with Crippen LogP contribution >= 0.6 is 0 Å². The van der Waals surface area contributed by atoms with E-state index in [4.69, 9.17) is 9.47 Å². The molecule has 23 heavy (non-hydrogen) atoms. The van der Waals surface area contributed by atoms with Crippen molar-refractivity contribution in [3.8, 4) is 0 Å². The zero-order chi connectivity index (χ0) is 16.1. The van der Waals surface area contributed by atoms with Crippen molar-refractivity contribution in [2.24, 2.45) is 0 Å². The van der Waals surface area contributed by atoms with Crippen LogP contribution in [0.3, 0.4) is 0 Å². The summed E-state index contributed by atoms with van der Waals surface area (Å²) in [5.41, 5.74) is 3.13. The van der Waals surface area contributed by atoms with E-state index in [-0.39, 0.29) is 6.09 Å². The molecule has 122 valence electrons. The summed E-state index contributed by atoms with van der Waals surface area (Å²) in [6.07, 6.45) is 2.33. The van der Waals surface area contributed by atoms with Crippen molar-refractivity contribution >= 4 is 6.09 Å². The Morgan fingerprint density at radius 2 is 2.13 bits per heavy atom. The summed E-state index contributed by atoms with van der Waals surface area (Å²) in [5, 5.41) is 0. The highest BCUT2D eigenvalue weighted by Gasteiger charge is 2.25. The molecule has 1 aromatic carbocycles. The molecule has 2 aromatic rings. The van der Waals surface area contributed by atoms with Crippen LogP contribution in [0.2, 0.25) is 0 Å². The monoisotopic (exact) mass is 315 g/mol. The van der Waals surface area contributed by atoms with Crippen LogP contribution in [-0.2, 0) is 35.6 Å². The third kappa shape index (κ3) is 3.71. The Morgan fingerprint density at radius 3 is 2.91 bits per heavy atom. The number of amides is 1. The summed E-state index contributed by atoms with van der Waals surface area (Å²) in [4.78, 5) is 18.3. The molecule has 6 heteroatoms. The van der Waals surface area contributed by atoms with E-state index in [1.165, 1.54) is 5.69 Å². The second-order valence-corrected chi connectivity index (χ2v) is 5.54. The number of ether oxygens (including phenoxy) is 2. The van der Waals surface area contributed by atoms with E-state index in [9.17, 15) is 4.79 Å².